The molecule has 1 aromatic rings. The normalized spacial score (nSPS) is 21.0. The summed E-state index contributed by atoms with van der Waals surface area (Å²) in [7, 11) is 3.05. The topological polar surface area (TPSA) is 82.6 Å². The van der Waals surface area contributed by atoms with Gasteiger partial charge in [-0.1, -0.05) is 19.8 Å². The maximum Gasteiger partial charge on any atom is 0.407 e. The van der Waals surface area contributed by atoms with Gasteiger partial charge in [-0.05, 0) is 6.42 Å². The summed E-state index contributed by atoms with van der Waals surface area (Å²) in [6.07, 6.45) is 4.03. The Bertz CT molecular complexity index is 487. The zero-order valence-corrected chi connectivity index (χ0v) is 13.3. The van der Waals surface area contributed by atoms with E-state index in [4.69, 9.17) is 14.2 Å². The number of rotatable bonds is 7. The molecule has 2 rings (SSSR count). The Morgan fingerprint density at radius 1 is 1.36 bits per heavy atom. The monoisotopic (exact) mass is 309 g/mol. The van der Waals surface area contributed by atoms with Gasteiger partial charge in [0.1, 0.15) is 6.10 Å². The number of unbranched alkanes of at least 4 members (excludes halogenated alkanes) is 1. The first-order valence-electron chi connectivity index (χ1n) is 7.57. The Balaban J connectivity index is 2.03. The second kappa shape index (κ2) is 7.82. The van der Waals surface area contributed by atoms with Gasteiger partial charge < -0.3 is 19.5 Å². The lowest BCUT2D eigenvalue weighted by atomic mass is 9.99. The molecule has 0 bridgehead atoms. The Morgan fingerprint density at radius 2 is 2.18 bits per heavy atom. The van der Waals surface area contributed by atoms with Crippen LogP contribution in [-0.4, -0.2) is 42.4 Å². The van der Waals surface area contributed by atoms with Crippen LogP contribution in [0.4, 0.5) is 4.79 Å². The minimum Gasteiger partial charge on any atom is -0.481 e. The fraction of sp³-hybridized carbons (Fsp3) is 0.667. The fourth-order valence-corrected chi connectivity index (χ4v) is 2.52. The van der Waals surface area contributed by atoms with Crippen LogP contribution in [0.5, 0.6) is 11.9 Å². The molecular formula is C15H23N3O4. The standard InChI is InChI=1S/C15H23N3O4/c1-4-5-6-12-8-10(17-15(19)22-12)7-11-9-13(20-2)18-14(16-11)21-3/h9-10,12H,4-8H2,1-3H3,(H,17,19)/t10-,12+/m1/s1. The lowest BCUT2D eigenvalue weighted by Crippen LogP contribution is -2.46. The molecule has 0 saturated carbocycles. The van der Waals surface area contributed by atoms with Crippen molar-refractivity contribution >= 4 is 6.09 Å². The van der Waals surface area contributed by atoms with Gasteiger partial charge in [0.15, 0.2) is 0 Å². The van der Waals surface area contributed by atoms with Gasteiger partial charge >= 0.3 is 12.1 Å². The predicted molar refractivity (Wildman–Crippen MR) is 80.2 cm³/mol. The van der Waals surface area contributed by atoms with Gasteiger partial charge in [-0.25, -0.2) is 4.79 Å². The summed E-state index contributed by atoms with van der Waals surface area (Å²) in [5.74, 6) is 0.447. The van der Waals surface area contributed by atoms with Crippen LogP contribution < -0.4 is 14.8 Å². The highest BCUT2D eigenvalue weighted by Crippen LogP contribution is 2.20. The zero-order chi connectivity index (χ0) is 15.9. The third-order valence-corrected chi connectivity index (χ3v) is 3.61. The molecule has 0 unspecified atom stereocenters. The average molecular weight is 309 g/mol. The molecular weight excluding hydrogens is 286 g/mol. The number of nitrogens with zero attached hydrogens (tertiary/aromatic N) is 2. The number of aromatic nitrogens is 2. The largest absolute Gasteiger partial charge is 0.481 e. The van der Waals surface area contributed by atoms with Gasteiger partial charge in [0.2, 0.25) is 5.88 Å². The first-order valence-corrected chi connectivity index (χ1v) is 7.57. The molecule has 1 aliphatic rings. The number of hydrogen-bond donors (Lipinski definition) is 1. The number of ether oxygens (including phenoxy) is 3. The van der Waals surface area contributed by atoms with Gasteiger partial charge in [-0.15, -0.1) is 0 Å². The summed E-state index contributed by atoms with van der Waals surface area (Å²) in [6, 6.07) is 2.01. The first-order chi connectivity index (χ1) is 10.6. The van der Waals surface area contributed by atoms with Crippen LogP contribution in [0.15, 0.2) is 6.07 Å². The van der Waals surface area contributed by atoms with E-state index in [1.54, 1.807) is 13.2 Å². The van der Waals surface area contributed by atoms with Gasteiger partial charge in [0.05, 0.1) is 19.9 Å². The van der Waals surface area contributed by atoms with Crippen LogP contribution in [0.1, 0.15) is 38.3 Å². The molecule has 1 aromatic heterocycles. The van der Waals surface area contributed by atoms with E-state index < -0.39 is 0 Å². The Morgan fingerprint density at radius 3 is 2.86 bits per heavy atom. The van der Waals surface area contributed by atoms with Crippen LogP contribution >= 0.6 is 0 Å². The van der Waals surface area contributed by atoms with E-state index >= 15 is 0 Å². The molecule has 1 fully saturated rings. The predicted octanol–water partition coefficient (Wildman–Crippen LogP) is 2.09. The van der Waals surface area contributed by atoms with Crippen molar-refractivity contribution in [2.24, 2.45) is 0 Å². The Kier molecular flexibility index (Phi) is 5.80. The summed E-state index contributed by atoms with van der Waals surface area (Å²) < 4.78 is 15.5. The number of methoxy groups -OCH3 is 2. The van der Waals surface area contributed by atoms with Crippen molar-refractivity contribution in [3.63, 3.8) is 0 Å². The molecule has 1 aliphatic heterocycles. The zero-order valence-electron chi connectivity index (χ0n) is 13.3. The first kappa shape index (κ1) is 16.3. The maximum atomic E-state index is 11.7. The molecule has 2 atom stereocenters. The molecule has 0 radical (unpaired) electrons. The molecule has 7 heteroatoms. The van der Waals surface area contributed by atoms with E-state index in [0.29, 0.717) is 12.3 Å². The maximum absolute atomic E-state index is 11.7. The van der Waals surface area contributed by atoms with Crippen LogP contribution in [-0.2, 0) is 11.2 Å². The highest BCUT2D eigenvalue weighted by atomic mass is 16.6. The molecule has 22 heavy (non-hydrogen) atoms. The molecule has 7 nitrogen and oxygen atoms in total. The summed E-state index contributed by atoms with van der Waals surface area (Å²) in [4.78, 5) is 20.0. The highest BCUT2D eigenvalue weighted by molar-refractivity contribution is 5.68. The van der Waals surface area contributed by atoms with Crippen molar-refractivity contribution < 1.29 is 19.0 Å². The van der Waals surface area contributed by atoms with Gasteiger partial charge in [-0.3, -0.25) is 0 Å². The summed E-state index contributed by atoms with van der Waals surface area (Å²) in [5.41, 5.74) is 0.769. The lowest BCUT2D eigenvalue weighted by Gasteiger charge is -2.30. The second-order valence-corrected chi connectivity index (χ2v) is 5.34. The number of hydrogen-bond acceptors (Lipinski definition) is 6. The Labute approximate surface area is 130 Å². The van der Waals surface area contributed by atoms with Crippen molar-refractivity contribution in [2.45, 2.75) is 51.2 Å². The minimum absolute atomic E-state index is 0.00702. The van der Waals surface area contributed by atoms with Crippen molar-refractivity contribution in [2.75, 3.05) is 14.2 Å². The molecule has 2 heterocycles. The third-order valence-electron chi connectivity index (χ3n) is 3.61. The molecule has 0 aromatic carbocycles. The number of carbonyl (C=O) groups excluding carboxylic acids is 1. The van der Waals surface area contributed by atoms with Crippen molar-refractivity contribution in [3.8, 4) is 11.9 Å². The van der Waals surface area contributed by atoms with Crippen molar-refractivity contribution in [1.29, 1.82) is 0 Å². The third kappa shape index (κ3) is 4.47. The number of alkyl carbamates (subject to hydrolysis) is 1. The molecule has 1 amide bonds. The number of nitrogens with one attached hydrogen (secondary N) is 1. The van der Waals surface area contributed by atoms with E-state index in [1.165, 1.54) is 7.11 Å². The van der Waals surface area contributed by atoms with Crippen LogP contribution in [0.25, 0.3) is 0 Å². The van der Waals surface area contributed by atoms with E-state index in [9.17, 15) is 4.79 Å². The number of amides is 1. The van der Waals surface area contributed by atoms with Crippen LogP contribution in [0, 0.1) is 0 Å². The van der Waals surface area contributed by atoms with Crippen molar-refractivity contribution in [3.05, 3.63) is 11.8 Å². The fourth-order valence-electron chi connectivity index (χ4n) is 2.52. The molecule has 0 aliphatic carbocycles. The minimum atomic E-state index is -0.356. The lowest BCUT2D eigenvalue weighted by molar-refractivity contribution is 0.0529. The average Bonchev–Trinajstić information content (AvgIpc) is 2.51. The molecule has 1 saturated heterocycles. The summed E-state index contributed by atoms with van der Waals surface area (Å²) >= 11 is 0. The smallest absolute Gasteiger partial charge is 0.407 e. The molecule has 122 valence electrons. The van der Waals surface area contributed by atoms with Crippen molar-refractivity contribution in [1.82, 2.24) is 15.3 Å². The quantitative estimate of drug-likeness (QED) is 0.830. The van der Waals surface area contributed by atoms with Crippen LogP contribution in [0.2, 0.25) is 0 Å². The van der Waals surface area contributed by atoms with Gasteiger partial charge in [-0.2, -0.15) is 9.97 Å². The van der Waals surface area contributed by atoms with E-state index in [0.717, 1.165) is 31.4 Å². The van der Waals surface area contributed by atoms with E-state index in [2.05, 4.69) is 22.2 Å². The molecule has 1 N–H and O–H groups in total. The number of cyclic esters (lactones) is 1. The highest BCUT2D eigenvalue weighted by Gasteiger charge is 2.28. The summed E-state index contributed by atoms with van der Waals surface area (Å²) in [5, 5.41) is 2.84. The molecule has 0 spiro atoms. The van der Waals surface area contributed by atoms with Crippen LogP contribution in [0.3, 0.4) is 0 Å². The summed E-state index contributed by atoms with van der Waals surface area (Å²) in [6.45, 7) is 2.12. The van der Waals surface area contributed by atoms with Gasteiger partial charge in [0.25, 0.3) is 0 Å². The SMILES string of the molecule is CCCC[C@H]1C[C@@H](Cc2cc(OC)nc(OC)n2)NC(=O)O1. The van der Waals surface area contributed by atoms with E-state index in [1.807, 2.05) is 0 Å². The number of carbonyl (C=O) groups is 1. The second-order valence-electron chi connectivity index (χ2n) is 5.34. The Hall–Kier alpha value is -2.05. The van der Waals surface area contributed by atoms with Gasteiger partial charge in [0, 0.05) is 24.9 Å². The van der Waals surface area contributed by atoms with E-state index in [-0.39, 0.29) is 24.2 Å².